The smallest absolute Gasteiger partial charge is 0.267 e. The zero-order chi connectivity index (χ0) is 34.7. The van der Waals surface area contributed by atoms with Gasteiger partial charge in [-0.1, -0.05) is 179 Å². The molecule has 0 spiro atoms. The maximum Gasteiger partial charge on any atom is 0.267 e. The van der Waals surface area contributed by atoms with E-state index in [1.54, 1.807) is 6.08 Å². The van der Waals surface area contributed by atoms with Crippen LogP contribution in [-0.4, -0.2) is 41.9 Å². The first-order chi connectivity index (χ1) is 22.8. The second kappa shape index (κ2) is 34.7. The van der Waals surface area contributed by atoms with Crippen molar-refractivity contribution >= 4 is 16.0 Å². The molecule has 0 bridgehead atoms. The lowest BCUT2D eigenvalue weighted by Gasteiger charge is -2.21. The van der Waals surface area contributed by atoms with Crippen molar-refractivity contribution < 1.29 is 22.9 Å². The summed E-state index contributed by atoms with van der Waals surface area (Å²) in [6, 6.07) is -1.06. The van der Waals surface area contributed by atoms with Crippen molar-refractivity contribution in [3.8, 4) is 0 Å². The molecule has 0 aromatic carbocycles. The molecule has 0 rings (SSSR count). The van der Waals surface area contributed by atoms with Crippen molar-refractivity contribution in [1.29, 1.82) is 0 Å². The van der Waals surface area contributed by atoms with Crippen LogP contribution in [0.25, 0.3) is 0 Å². The minimum absolute atomic E-state index is 0.287. The number of amides is 1. The molecule has 0 aliphatic rings. The van der Waals surface area contributed by atoms with E-state index in [2.05, 4.69) is 31.3 Å². The number of carbonyl (C=O) groups excluding carboxylic acids is 1. The minimum atomic E-state index is -4.34. The van der Waals surface area contributed by atoms with Crippen LogP contribution >= 0.6 is 0 Å². The van der Waals surface area contributed by atoms with Gasteiger partial charge in [-0.25, -0.2) is 0 Å². The van der Waals surface area contributed by atoms with Gasteiger partial charge >= 0.3 is 0 Å². The van der Waals surface area contributed by atoms with Gasteiger partial charge in [-0.15, -0.1) is 0 Å². The molecule has 6 nitrogen and oxygen atoms in total. The number of nitrogens with one attached hydrogen (secondary N) is 1. The van der Waals surface area contributed by atoms with E-state index in [1.807, 2.05) is 6.08 Å². The Hall–Kier alpha value is -1.18. The Labute approximate surface area is 292 Å². The predicted molar refractivity (Wildman–Crippen MR) is 202 cm³/mol. The molecular weight excluding hydrogens is 607 g/mol. The summed E-state index contributed by atoms with van der Waals surface area (Å²) in [7, 11) is -4.34. The van der Waals surface area contributed by atoms with Crippen molar-refractivity contribution in [2.45, 2.75) is 219 Å². The van der Waals surface area contributed by atoms with Crippen molar-refractivity contribution in [2.24, 2.45) is 0 Å². The zero-order valence-electron chi connectivity index (χ0n) is 30.9. The molecule has 7 heteroatoms. The van der Waals surface area contributed by atoms with Gasteiger partial charge in [-0.05, 0) is 44.9 Å². The van der Waals surface area contributed by atoms with E-state index in [-0.39, 0.29) is 12.3 Å². The summed E-state index contributed by atoms with van der Waals surface area (Å²) in [6.45, 7) is 4.50. The van der Waals surface area contributed by atoms with Crippen LogP contribution in [-0.2, 0) is 14.9 Å². The van der Waals surface area contributed by atoms with E-state index in [9.17, 15) is 22.9 Å². The molecule has 0 saturated heterocycles. The van der Waals surface area contributed by atoms with E-state index < -0.39 is 28.0 Å². The maximum absolute atomic E-state index is 12.5. The second-order valence-corrected chi connectivity index (χ2v) is 15.4. The lowest BCUT2D eigenvalue weighted by Crippen LogP contribution is -2.46. The molecule has 2 unspecified atom stereocenters. The van der Waals surface area contributed by atoms with Gasteiger partial charge in [-0.2, -0.15) is 8.42 Å². The van der Waals surface area contributed by atoms with Crippen LogP contribution in [0.1, 0.15) is 206 Å². The first kappa shape index (κ1) is 45.8. The predicted octanol–water partition coefficient (Wildman–Crippen LogP) is 11.6. The lowest BCUT2D eigenvalue weighted by molar-refractivity contribution is -0.122. The number of rotatable bonds is 36. The number of aliphatic hydroxyl groups is 1. The summed E-state index contributed by atoms with van der Waals surface area (Å²) in [5, 5.41) is 13.2. The summed E-state index contributed by atoms with van der Waals surface area (Å²) >= 11 is 0. The number of unbranched alkanes of at least 4 members (excludes halogenated alkanes) is 26. The fourth-order valence-corrected chi connectivity index (χ4v) is 6.83. The molecule has 3 N–H and O–H groups in total. The molecule has 47 heavy (non-hydrogen) atoms. The number of hydrogen-bond acceptors (Lipinski definition) is 4. The summed E-state index contributed by atoms with van der Waals surface area (Å²) < 4.78 is 32.4. The highest BCUT2D eigenvalue weighted by Crippen LogP contribution is 2.15. The molecule has 0 saturated carbocycles. The fourth-order valence-electron chi connectivity index (χ4n) is 6.09. The fraction of sp³-hybridized carbons (Fsp3) is 0.875. The molecule has 278 valence electrons. The Morgan fingerprint density at radius 3 is 1.30 bits per heavy atom. The van der Waals surface area contributed by atoms with Crippen LogP contribution in [0.2, 0.25) is 0 Å². The molecular formula is C40H77NO5S. The minimum Gasteiger partial charge on any atom is -0.387 e. The molecule has 0 heterocycles. The van der Waals surface area contributed by atoms with E-state index >= 15 is 0 Å². The largest absolute Gasteiger partial charge is 0.387 e. The van der Waals surface area contributed by atoms with Gasteiger partial charge in [0.25, 0.3) is 10.1 Å². The van der Waals surface area contributed by atoms with Crippen molar-refractivity contribution in [2.75, 3.05) is 5.75 Å². The first-order valence-electron chi connectivity index (χ1n) is 20.0. The van der Waals surface area contributed by atoms with E-state index in [0.29, 0.717) is 0 Å². The molecule has 0 fully saturated rings. The Bertz CT molecular complexity index is 842. The first-order valence-corrected chi connectivity index (χ1v) is 21.6. The summed E-state index contributed by atoms with van der Waals surface area (Å²) in [4.78, 5) is 12.5. The van der Waals surface area contributed by atoms with Crippen molar-refractivity contribution in [1.82, 2.24) is 5.32 Å². The van der Waals surface area contributed by atoms with Crippen molar-refractivity contribution in [3.05, 3.63) is 24.3 Å². The SMILES string of the molecule is CCCCCC/C=C\CCCCCCCC(=O)NC(CS(=O)(=O)O)C(O)/C=C/CCCCCCCCCCCCCCCCCCC. The molecule has 0 aromatic rings. The van der Waals surface area contributed by atoms with Crippen LogP contribution < -0.4 is 5.32 Å². The van der Waals surface area contributed by atoms with Gasteiger partial charge < -0.3 is 10.4 Å². The zero-order valence-corrected chi connectivity index (χ0v) is 31.7. The Balaban J connectivity index is 3.92. The molecule has 0 aliphatic heterocycles. The highest BCUT2D eigenvalue weighted by molar-refractivity contribution is 7.85. The Morgan fingerprint density at radius 1 is 0.553 bits per heavy atom. The third kappa shape index (κ3) is 35.9. The van der Waals surface area contributed by atoms with Gasteiger partial charge in [0.1, 0.15) is 0 Å². The number of allylic oxidation sites excluding steroid dienone is 3. The third-order valence-corrected chi connectivity index (χ3v) is 9.90. The highest BCUT2D eigenvalue weighted by atomic mass is 32.2. The molecule has 0 aliphatic carbocycles. The molecule has 0 aromatic heterocycles. The van der Waals surface area contributed by atoms with Gasteiger partial charge in [0.05, 0.1) is 17.9 Å². The van der Waals surface area contributed by atoms with Crippen LogP contribution in [0, 0.1) is 0 Å². The summed E-state index contributed by atoms with van der Waals surface area (Å²) in [6.07, 6.45) is 43.0. The normalized spacial score (nSPS) is 13.5. The average molecular weight is 684 g/mol. The Kier molecular flexibility index (Phi) is 33.8. The van der Waals surface area contributed by atoms with Crippen LogP contribution in [0.5, 0.6) is 0 Å². The third-order valence-electron chi connectivity index (χ3n) is 9.12. The Morgan fingerprint density at radius 2 is 0.894 bits per heavy atom. The monoisotopic (exact) mass is 684 g/mol. The summed E-state index contributed by atoms with van der Waals surface area (Å²) in [5.41, 5.74) is 0. The van der Waals surface area contributed by atoms with Crippen LogP contribution in [0.3, 0.4) is 0 Å². The topological polar surface area (TPSA) is 104 Å². The molecule has 0 radical (unpaired) electrons. The molecule has 1 amide bonds. The summed E-state index contributed by atoms with van der Waals surface area (Å²) in [5.74, 6) is -0.986. The van der Waals surface area contributed by atoms with E-state index in [1.165, 1.54) is 128 Å². The van der Waals surface area contributed by atoms with Gasteiger partial charge in [0.2, 0.25) is 5.91 Å². The molecule has 2 atom stereocenters. The average Bonchev–Trinajstić information content (AvgIpc) is 3.03. The standard InChI is InChI=1S/C40H77NO5S/c1-3-5-7-9-11-13-15-17-18-19-20-21-22-24-25-27-29-31-33-35-39(42)38(37-47(44,45)46)41-40(43)36-34-32-30-28-26-23-16-14-12-10-8-6-4-2/h14,16,33,35,38-39,42H,3-13,15,17-32,34,36-37H2,1-2H3,(H,41,43)(H,44,45,46)/b16-14-,35-33+. The number of hydrogen-bond donors (Lipinski definition) is 3. The van der Waals surface area contributed by atoms with Gasteiger partial charge in [-0.3, -0.25) is 9.35 Å². The van der Waals surface area contributed by atoms with Gasteiger partial charge in [0, 0.05) is 6.42 Å². The lowest BCUT2D eigenvalue weighted by atomic mass is 10.0. The van der Waals surface area contributed by atoms with E-state index in [4.69, 9.17) is 0 Å². The van der Waals surface area contributed by atoms with Crippen LogP contribution in [0.15, 0.2) is 24.3 Å². The number of carbonyl (C=O) groups is 1. The van der Waals surface area contributed by atoms with E-state index in [0.717, 1.165) is 57.8 Å². The highest BCUT2D eigenvalue weighted by Gasteiger charge is 2.24. The maximum atomic E-state index is 12.5. The quantitative estimate of drug-likeness (QED) is 0.0346. The van der Waals surface area contributed by atoms with Gasteiger partial charge in [0.15, 0.2) is 0 Å². The van der Waals surface area contributed by atoms with Crippen LogP contribution in [0.4, 0.5) is 0 Å². The van der Waals surface area contributed by atoms with Crippen molar-refractivity contribution in [3.63, 3.8) is 0 Å². The second-order valence-electron chi connectivity index (χ2n) is 13.9. The number of aliphatic hydroxyl groups excluding tert-OH is 1.